The number of nitrogens with zero attached hydrogens (tertiary/aromatic N) is 1. The van der Waals surface area contributed by atoms with Crippen LogP contribution in [0.1, 0.15) is 15.9 Å². The van der Waals surface area contributed by atoms with Crippen LogP contribution in [-0.2, 0) is 6.54 Å². The molecule has 3 aromatic rings. The molecular formula is C17H9BF3NO3. The zero-order valence-corrected chi connectivity index (χ0v) is 12.6. The maximum absolute atomic E-state index is 14.2. The molecule has 1 heterocycles. The molecule has 4 nitrogen and oxygen atoms in total. The molecule has 2 aromatic carbocycles. The number of aromatic carboxylic acids is 1. The number of rotatable bonds is 3. The van der Waals surface area contributed by atoms with E-state index in [1.807, 2.05) is 0 Å². The molecule has 124 valence electrons. The van der Waals surface area contributed by atoms with E-state index in [4.69, 9.17) is 13.0 Å². The van der Waals surface area contributed by atoms with Crippen molar-refractivity contribution in [2.24, 2.45) is 0 Å². The van der Waals surface area contributed by atoms with E-state index < -0.39 is 45.3 Å². The van der Waals surface area contributed by atoms with Gasteiger partial charge in [0, 0.05) is 11.8 Å². The SMILES string of the molecule is [B]c1ccc(Cn2cc(C(=O)O)c(=O)c3c(F)ccc(F)c32)c(F)c1. The van der Waals surface area contributed by atoms with Crippen molar-refractivity contribution in [3.63, 3.8) is 0 Å². The lowest BCUT2D eigenvalue weighted by Gasteiger charge is -2.14. The maximum Gasteiger partial charge on any atom is 0.341 e. The molecule has 0 saturated heterocycles. The summed E-state index contributed by atoms with van der Waals surface area (Å²) >= 11 is 0. The quantitative estimate of drug-likeness (QED) is 0.740. The molecule has 0 aliphatic carbocycles. The van der Waals surface area contributed by atoms with E-state index in [2.05, 4.69) is 0 Å². The topological polar surface area (TPSA) is 59.3 Å². The normalized spacial score (nSPS) is 11.0. The Morgan fingerprint density at radius 1 is 1.08 bits per heavy atom. The van der Waals surface area contributed by atoms with E-state index in [-0.39, 0.29) is 17.6 Å². The molecule has 0 bridgehead atoms. The highest BCUT2D eigenvalue weighted by Gasteiger charge is 2.20. The molecule has 0 unspecified atom stereocenters. The lowest BCUT2D eigenvalue weighted by molar-refractivity contribution is 0.0695. The maximum atomic E-state index is 14.2. The van der Waals surface area contributed by atoms with E-state index in [0.29, 0.717) is 0 Å². The molecule has 2 radical (unpaired) electrons. The Balaban J connectivity index is 2.33. The summed E-state index contributed by atoms with van der Waals surface area (Å²) in [6.07, 6.45) is 0.866. The number of hydrogen-bond acceptors (Lipinski definition) is 2. The van der Waals surface area contributed by atoms with Crippen LogP contribution in [0, 0.1) is 17.5 Å². The first kappa shape index (κ1) is 16.8. The third-order valence-corrected chi connectivity index (χ3v) is 3.77. The van der Waals surface area contributed by atoms with Gasteiger partial charge in [0.15, 0.2) is 0 Å². The lowest BCUT2D eigenvalue weighted by Crippen LogP contribution is -2.21. The number of aromatic nitrogens is 1. The number of carboxylic acids is 1. The van der Waals surface area contributed by atoms with Crippen LogP contribution in [-0.4, -0.2) is 23.5 Å². The number of benzene rings is 2. The highest BCUT2D eigenvalue weighted by molar-refractivity contribution is 6.32. The molecular weight excluding hydrogens is 334 g/mol. The molecule has 25 heavy (non-hydrogen) atoms. The number of hydrogen-bond donors (Lipinski definition) is 1. The summed E-state index contributed by atoms with van der Waals surface area (Å²) in [4.78, 5) is 23.4. The molecule has 3 rings (SSSR count). The van der Waals surface area contributed by atoms with E-state index in [0.717, 1.165) is 29.0 Å². The minimum atomic E-state index is -1.60. The van der Waals surface area contributed by atoms with Crippen molar-refractivity contribution in [1.29, 1.82) is 0 Å². The highest BCUT2D eigenvalue weighted by atomic mass is 19.1. The zero-order chi connectivity index (χ0) is 18.3. The first-order valence-electron chi connectivity index (χ1n) is 7.08. The van der Waals surface area contributed by atoms with Crippen LogP contribution in [0.3, 0.4) is 0 Å². The van der Waals surface area contributed by atoms with E-state index in [9.17, 15) is 22.8 Å². The third-order valence-electron chi connectivity index (χ3n) is 3.77. The van der Waals surface area contributed by atoms with Gasteiger partial charge in [-0.05, 0) is 18.2 Å². The Hall–Kier alpha value is -3.03. The largest absolute Gasteiger partial charge is 0.477 e. The summed E-state index contributed by atoms with van der Waals surface area (Å²) in [6, 6.07) is 5.35. The van der Waals surface area contributed by atoms with Crippen LogP contribution in [0.25, 0.3) is 10.9 Å². The minimum absolute atomic E-state index is 0.0687. The number of fused-ring (bicyclic) bond motifs is 1. The first-order valence-corrected chi connectivity index (χ1v) is 7.08. The van der Waals surface area contributed by atoms with Gasteiger partial charge in [0.25, 0.3) is 0 Å². The lowest BCUT2D eigenvalue weighted by atomic mass is 9.95. The molecule has 0 aliphatic heterocycles. The van der Waals surface area contributed by atoms with Crippen molar-refractivity contribution in [2.45, 2.75) is 6.54 Å². The second-order valence-electron chi connectivity index (χ2n) is 5.41. The second-order valence-corrected chi connectivity index (χ2v) is 5.41. The van der Waals surface area contributed by atoms with Gasteiger partial charge < -0.3 is 9.67 Å². The second kappa shape index (κ2) is 6.12. The fraction of sp³-hybridized carbons (Fsp3) is 0.0588. The molecule has 0 amide bonds. The molecule has 0 aliphatic rings. The van der Waals surface area contributed by atoms with Crippen LogP contribution in [0.5, 0.6) is 0 Å². The number of halogens is 3. The fourth-order valence-corrected chi connectivity index (χ4v) is 2.60. The molecule has 8 heteroatoms. The van der Waals surface area contributed by atoms with E-state index >= 15 is 0 Å². The van der Waals surface area contributed by atoms with Gasteiger partial charge in [-0.25, -0.2) is 18.0 Å². The highest BCUT2D eigenvalue weighted by Crippen LogP contribution is 2.21. The van der Waals surface area contributed by atoms with Gasteiger partial charge >= 0.3 is 5.97 Å². The molecule has 1 aromatic heterocycles. The average Bonchev–Trinajstić information content (AvgIpc) is 2.54. The van der Waals surface area contributed by atoms with Gasteiger partial charge in [-0.1, -0.05) is 17.6 Å². The number of carboxylic acid groups (broad SMARTS) is 1. The predicted molar refractivity (Wildman–Crippen MR) is 86.0 cm³/mol. The van der Waals surface area contributed by atoms with Crippen LogP contribution >= 0.6 is 0 Å². The molecule has 0 saturated carbocycles. The van der Waals surface area contributed by atoms with Gasteiger partial charge in [0.05, 0.1) is 17.4 Å². The number of carbonyl (C=O) groups is 1. The van der Waals surface area contributed by atoms with Crippen molar-refractivity contribution >= 4 is 30.2 Å². The van der Waals surface area contributed by atoms with Gasteiger partial charge in [0.2, 0.25) is 5.43 Å². The number of pyridine rings is 1. The Bertz CT molecular complexity index is 1080. The van der Waals surface area contributed by atoms with E-state index in [1.54, 1.807) is 0 Å². The standard InChI is InChI=1S/C17H9BF3NO3/c18-9-2-1-8(13(21)5-9)6-22-7-10(17(24)25)16(23)14-11(19)3-4-12(20)15(14)22/h1-5,7H,6H2,(H,24,25). The molecule has 0 spiro atoms. The van der Waals surface area contributed by atoms with Crippen LogP contribution in [0.15, 0.2) is 41.3 Å². The van der Waals surface area contributed by atoms with Crippen LogP contribution in [0.2, 0.25) is 0 Å². The summed E-state index contributed by atoms with van der Waals surface area (Å²) in [5.74, 6) is -4.28. The predicted octanol–water partition coefficient (Wildman–Crippen LogP) is 1.96. The summed E-state index contributed by atoms with van der Waals surface area (Å²) in [6.45, 7) is -0.316. The van der Waals surface area contributed by atoms with Crippen LogP contribution < -0.4 is 10.9 Å². The van der Waals surface area contributed by atoms with E-state index in [1.165, 1.54) is 12.1 Å². The van der Waals surface area contributed by atoms with Crippen molar-refractivity contribution in [3.05, 3.63) is 75.3 Å². The monoisotopic (exact) mass is 343 g/mol. The zero-order valence-electron chi connectivity index (χ0n) is 12.6. The van der Waals surface area contributed by atoms with Gasteiger partial charge in [-0.2, -0.15) is 0 Å². The third kappa shape index (κ3) is 2.91. The summed E-state index contributed by atoms with van der Waals surface area (Å²) < 4.78 is 43.3. The van der Waals surface area contributed by atoms with Gasteiger partial charge in [-0.3, -0.25) is 4.79 Å². The Morgan fingerprint density at radius 3 is 2.40 bits per heavy atom. The Labute approximate surface area is 140 Å². The minimum Gasteiger partial charge on any atom is -0.477 e. The van der Waals surface area contributed by atoms with Crippen molar-refractivity contribution in [2.75, 3.05) is 0 Å². The first-order chi connectivity index (χ1) is 11.8. The molecule has 0 atom stereocenters. The Morgan fingerprint density at radius 2 is 1.76 bits per heavy atom. The smallest absolute Gasteiger partial charge is 0.341 e. The Kier molecular flexibility index (Phi) is 4.12. The molecule has 1 N–H and O–H groups in total. The van der Waals surface area contributed by atoms with Gasteiger partial charge in [0.1, 0.15) is 30.9 Å². The summed E-state index contributed by atoms with van der Waals surface area (Å²) in [5, 5.41) is 8.45. The summed E-state index contributed by atoms with van der Waals surface area (Å²) in [7, 11) is 5.46. The van der Waals surface area contributed by atoms with Crippen molar-refractivity contribution < 1.29 is 23.1 Å². The fourth-order valence-electron chi connectivity index (χ4n) is 2.60. The van der Waals surface area contributed by atoms with Crippen LogP contribution in [0.4, 0.5) is 13.2 Å². The van der Waals surface area contributed by atoms with Gasteiger partial charge in [-0.15, -0.1) is 0 Å². The van der Waals surface area contributed by atoms with Crippen molar-refractivity contribution in [1.82, 2.24) is 4.57 Å². The molecule has 0 fully saturated rings. The average molecular weight is 343 g/mol. The van der Waals surface area contributed by atoms with Crippen molar-refractivity contribution in [3.8, 4) is 0 Å². The summed E-state index contributed by atoms with van der Waals surface area (Å²) in [5.41, 5.74) is -2.08.